The smallest absolute Gasteiger partial charge is 0.0857 e. The standard InChI is InChI=1S/C13H19Cl2NO/c1-12(2,3)13(17,8-16)7-9-5-4-6-10(14)11(9)15/h4-6,17H,7-8,16H2,1-3H3. The van der Waals surface area contributed by atoms with E-state index >= 15 is 0 Å². The fourth-order valence-electron chi connectivity index (χ4n) is 1.64. The largest absolute Gasteiger partial charge is 0.388 e. The van der Waals surface area contributed by atoms with E-state index < -0.39 is 5.60 Å². The summed E-state index contributed by atoms with van der Waals surface area (Å²) >= 11 is 12.1. The third-order valence-electron chi connectivity index (χ3n) is 3.25. The number of hydrogen-bond acceptors (Lipinski definition) is 2. The molecule has 1 aromatic rings. The first-order valence-electron chi connectivity index (χ1n) is 5.56. The Hall–Kier alpha value is -0.280. The molecular formula is C13H19Cl2NO. The van der Waals surface area contributed by atoms with Gasteiger partial charge in [0, 0.05) is 13.0 Å². The molecule has 0 aliphatic carbocycles. The van der Waals surface area contributed by atoms with Crippen LogP contribution >= 0.6 is 23.2 Å². The Morgan fingerprint density at radius 3 is 2.29 bits per heavy atom. The summed E-state index contributed by atoms with van der Waals surface area (Å²) in [6.07, 6.45) is 0.395. The lowest BCUT2D eigenvalue weighted by molar-refractivity contribution is -0.0490. The van der Waals surface area contributed by atoms with Crippen molar-refractivity contribution in [1.82, 2.24) is 0 Å². The Morgan fingerprint density at radius 1 is 1.24 bits per heavy atom. The van der Waals surface area contributed by atoms with Crippen LogP contribution in [-0.4, -0.2) is 17.3 Å². The van der Waals surface area contributed by atoms with Gasteiger partial charge in [-0.2, -0.15) is 0 Å². The highest BCUT2D eigenvalue weighted by molar-refractivity contribution is 6.42. The third-order valence-corrected chi connectivity index (χ3v) is 4.11. The lowest BCUT2D eigenvalue weighted by atomic mass is 9.73. The van der Waals surface area contributed by atoms with E-state index in [0.29, 0.717) is 16.5 Å². The van der Waals surface area contributed by atoms with E-state index in [1.807, 2.05) is 32.9 Å². The van der Waals surface area contributed by atoms with Crippen molar-refractivity contribution in [2.75, 3.05) is 6.54 Å². The highest BCUT2D eigenvalue weighted by Gasteiger charge is 2.39. The molecule has 0 fully saturated rings. The molecule has 0 aliphatic rings. The number of halogens is 2. The van der Waals surface area contributed by atoms with Crippen molar-refractivity contribution in [3.05, 3.63) is 33.8 Å². The van der Waals surface area contributed by atoms with Crippen LogP contribution in [0.3, 0.4) is 0 Å². The van der Waals surface area contributed by atoms with Crippen molar-refractivity contribution in [1.29, 1.82) is 0 Å². The van der Waals surface area contributed by atoms with Gasteiger partial charge in [-0.25, -0.2) is 0 Å². The average Bonchev–Trinajstić information content (AvgIpc) is 2.23. The number of rotatable bonds is 3. The quantitative estimate of drug-likeness (QED) is 0.890. The van der Waals surface area contributed by atoms with Crippen LogP contribution in [0, 0.1) is 5.41 Å². The van der Waals surface area contributed by atoms with E-state index in [0.717, 1.165) is 5.56 Å². The molecule has 96 valence electrons. The predicted octanol–water partition coefficient (Wildman–Crippen LogP) is 3.27. The van der Waals surface area contributed by atoms with Crippen LogP contribution in [-0.2, 0) is 6.42 Å². The number of benzene rings is 1. The predicted molar refractivity (Wildman–Crippen MR) is 73.6 cm³/mol. The molecule has 1 rings (SSSR count). The van der Waals surface area contributed by atoms with Crippen molar-refractivity contribution >= 4 is 23.2 Å². The average molecular weight is 276 g/mol. The van der Waals surface area contributed by atoms with Crippen LogP contribution in [0.4, 0.5) is 0 Å². The first-order chi connectivity index (χ1) is 7.71. The normalized spacial score (nSPS) is 15.7. The topological polar surface area (TPSA) is 46.2 Å². The lowest BCUT2D eigenvalue weighted by Gasteiger charge is -2.39. The zero-order valence-electron chi connectivity index (χ0n) is 10.4. The Balaban J connectivity index is 3.08. The second-order valence-corrected chi connectivity index (χ2v) is 6.16. The first kappa shape index (κ1) is 14.8. The van der Waals surface area contributed by atoms with E-state index in [-0.39, 0.29) is 12.0 Å². The van der Waals surface area contributed by atoms with Crippen LogP contribution in [0.2, 0.25) is 10.0 Å². The highest BCUT2D eigenvalue weighted by Crippen LogP contribution is 2.35. The van der Waals surface area contributed by atoms with E-state index in [1.165, 1.54) is 0 Å². The van der Waals surface area contributed by atoms with Gasteiger partial charge in [-0.05, 0) is 17.0 Å². The highest BCUT2D eigenvalue weighted by atomic mass is 35.5. The van der Waals surface area contributed by atoms with E-state index in [9.17, 15) is 5.11 Å². The second-order valence-electron chi connectivity index (χ2n) is 5.38. The molecule has 0 aromatic heterocycles. The van der Waals surface area contributed by atoms with Crippen molar-refractivity contribution in [3.8, 4) is 0 Å². The molecule has 0 saturated carbocycles. The molecule has 1 aromatic carbocycles. The molecule has 0 bridgehead atoms. The summed E-state index contributed by atoms with van der Waals surface area (Å²) < 4.78 is 0. The van der Waals surface area contributed by atoms with Gasteiger partial charge in [-0.1, -0.05) is 56.1 Å². The molecule has 0 saturated heterocycles. The maximum absolute atomic E-state index is 10.6. The maximum Gasteiger partial charge on any atom is 0.0857 e. The first-order valence-corrected chi connectivity index (χ1v) is 6.32. The summed E-state index contributed by atoms with van der Waals surface area (Å²) in [5.74, 6) is 0. The Kier molecular flexibility index (Phi) is 4.48. The Bertz CT molecular complexity index is 401. The van der Waals surface area contributed by atoms with Crippen LogP contribution in [0.15, 0.2) is 18.2 Å². The van der Waals surface area contributed by atoms with Gasteiger partial charge in [0.15, 0.2) is 0 Å². The van der Waals surface area contributed by atoms with Gasteiger partial charge in [-0.15, -0.1) is 0 Å². The zero-order chi connectivity index (χ0) is 13.3. The van der Waals surface area contributed by atoms with Crippen molar-refractivity contribution < 1.29 is 5.11 Å². The van der Waals surface area contributed by atoms with Crippen molar-refractivity contribution in [3.63, 3.8) is 0 Å². The van der Waals surface area contributed by atoms with E-state index in [4.69, 9.17) is 28.9 Å². The molecule has 0 aliphatic heterocycles. The van der Waals surface area contributed by atoms with Gasteiger partial charge >= 0.3 is 0 Å². The minimum absolute atomic E-state index is 0.180. The fraction of sp³-hybridized carbons (Fsp3) is 0.538. The Labute approximate surface area is 113 Å². The van der Waals surface area contributed by atoms with E-state index in [1.54, 1.807) is 6.07 Å². The molecule has 17 heavy (non-hydrogen) atoms. The molecule has 0 radical (unpaired) electrons. The van der Waals surface area contributed by atoms with Crippen LogP contribution in [0.5, 0.6) is 0 Å². The minimum Gasteiger partial charge on any atom is -0.388 e. The Morgan fingerprint density at radius 2 is 1.82 bits per heavy atom. The fourth-order valence-corrected chi connectivity index (χ4v) is 2.03. The molecule has 1 atom stereocenters. The molecule has 2 nitrogen and oxygen atoms in total. The SMILES string of the molecule is CC(C)(C)C(O)(CN)Cc1cccc(Cl)c1Cl. The summed E-state index contributed by atoms with van der Waals surface area (Å²) in [7, 11) is 0. The zero-order valence-corrected chi connectivity index (χ0v) is 11.9. The molecule has 0 spiro atoms. The van der Waals surface area contributed by atoms with Gasteiger partial charge in [0.05, 0.1) is 15.6 Å². The van der Waals surface area contributed by atoms with Crippen LogP contribution in [0.25, 0.3) is 0 Å². The molecule has 1 unspecified atom stereocenters. The van der Waals surface area contributed by atoms with Crippen molar-refractivity contribution in [2.45, 2.75) is 32.8 Å². The molecular weight excluding hydrogens is 257 g/mol. The molecule has 0 amide bonds. The third kappa shape index (κ3) is 3.14. The van der Waals surface area contributed by atoms with Crippen molar-refractivity contribution in [2.24, 2.45) is 11.1 Å². The minimum atomic E-state index is -0.999. The molecule has 4 heteroatoms. The monoisotopic (exact) mass is 275 g/mol. The van der Waals surface area contributed by atoms with Gasteiger partial charge in [0.25, 0.3) is 0 Å². The summed E-state index contributed by atoms with van der Waals surface area (Å²) in [6.45, 7) is 6.05. The second kappa shape index (κ2) is 5.15. The number of hydrogen-bond donors (Lipinski definition) is 2. The maximum atomic E-state index is 10.6. The van der Waals surface area contributed by atoms with Gasteiger partial charge in [-0.3, -0.25) is 0 Å². The number of nitrogens with two attached hydrogens (primary N) is 1. The number of aliphatic hydroxyl groups is 1. The molecule has 3 N–H and O–H groups in total. The van der Waals surface area contributed by atoms with Gasteiger partial charge in [0.2, 0.25) is 0 Å². The summed E-state index contributed by atoms with van der Waals surface area (Å²) in [5.41, 5.74) is 5.20. The van der Waals surface area contributed by atoms with E-state index in [2.05, 4.69) is 0 Å². The summed E-state index contributed by atoms with van der Waals surface area (Å²) in [6, 6.07) is 5.41. The summed E-state index contributed by atoms with van der Waals surface area (Å²) in [5, 5.41) is 11.6. The summed E-state index contributed by atoms with van der Waals surface area (Å²) in [4.78, 5) is 0. The molecule has 0 heterocycles. The van der Waals surface area contributed by atoms with Crippen LogP contribution in [0.1, 0.15) is 26.3 Å². The lowest BCUT2D eigenvalue weighted by Crippen LogP contribution is -2.50. The van der Waals surface area contributed by atoms with Gasteiger partial charge in [0.1, 0.15) is 0 Å². The van der Waals surface area contributed by atoms with Gasteiger partial charge < -0.3 is 10.8 Å². The van der Waals surface area contributed by atoms with Crippen LogP contribution < -0.4 is 5.73 Å².